The van der Waals surface area contributed by atoms with Crippen LogP contribution in [0, 0.1) is 17.3 Å². The average Bonchev–Trinajstić information content (AvgIpc) is 3.22. The van der Waals surface area contributed by atoms with Gasteiger partial charge in [0.05, 0.1) is 17.6 Å². The molecule has 2 aromatic heterocycles. The van der Waals surface area contributed by atoms with Crippen molar-refractivity contribution in [3.05, 3.63) is 72.6 Å². The molecule has 5 rings (SSSR count). The first-order valence-electron chi connectivity index (χ1n) is 12.1. The van der Waals surface area contributed by atoms with Crippen LogP contribution >= 0.6 is 0 Å². The van der Waals surface area contributed by atoms with Crippen molar-refractivity contribution >= 4 is 17.2 Å². The van der Waals surface area contributed by atoms with Gasteiger partial charge in [0.25, 0.3) is 0 Å². The molecule has 174 valence electrons. The number of imidazole rings is 1. The number of hydrogen-bond acceptors (Lipinski definition) is 4. The molecule has 0 aliphatic heterocycles. The summed E-state index contributed by atoms with van der Waals surface area (Å²) in [4.78, 5) is 22.3. The number of carbonyl (C=O) groups is 1. The summed E-state index contributed by atoms with van der Waals surface area (Å²) in [5.74, 6) is 2.01. The largest absolute Gasteiger partial charge is 0.367 e. The van der Waals surface area contributed by atoms with Gasteiger partial charge in [-0.25, -0.2) is 9.97 Å². The fourth-order valence-electron chi connectivity index (χ4n) is 4.46. The van der Waals surface area contributed by atoms with Crippen LogP contribution in [0.4, 0.5) is 5.82 Å². The van der Waals surface area contributed by atoms with Crippen LogP contribution in [0.2, 0.25) is 0 Å². The lowest BCUT2D eigenvalue weighted by Crippen LogP contribution is -2.11. The molecule has 1 aliphatic rings. The standard InChI is InChI=1S/C29H32N4O/c1-19(2)16-30-27-28-31-17-25(33(28)18-24(32-27)20-8-6-5-7-9-20)21-10-12-22(13-11-21)26(34)14-23-15-29(23,3)4/h5-13,17-19,23H,14-16H2,1-4H3,(H,30,32). The molecule has 1 saturated carbocycles. The molecule has 0 radical (unpaired) electrons. The SMILES string of the molecule is CC(C)CNc1nc(-c2ccccc2)cn2c(-c3ccc(C(=O)CC4CC4(C)C)cc3)cnc12. The van der Waals surface area contributed by atoms with Gasteiger partial charge in [-0.3, -0.25) is 9.20 Å². The molecule has 2 heterocycles. The third kappa shape index (κ3) is 4.47. The minimum absolute atomic E-state index is 0.232. The van der Waals surface area contributed by atoms with Crippen molar-refractivity contribution in [3.63, 3.8) is 0 Å². The van der Waals surface area contributed by atoms with Gasteiger partial charge in [0, 0.05) is 35.9 Å². The third-order valence-electron chi connectivity index (χ3n) is 6.89. The molecule has 0 saturated heterocycles. The predicted octanol–water partition coefficient (Wildman–Crippen LogP) is 6.75. The maximum atomic E-state index is 12.7. The predicted molar refractivity (Wildman–Crippen MR) is 138 cm³/mol. The van der Waals surface area contributed by atoms with E-state index in [1.807, 2.05) is 54.9 Å². The van der Waals surface area contributed by atoms with Crippen molar-refractivity contribution < 1.29 is 4.79 Å². The number of carbonyl (C=O) groups excluding carboxylic acids is 1. The van der Waals surface area contributed by atoms with Crippen molar-refractivity contribution in [3.8, 4) is 22.5 Å². The van der Waals surface area contributed by atoms with Crippen molar-refractivity contribution in [1.29, 1.82) is 0 Å². The van der Waals surface area contributed by atoms with E-state index in [9.17, 15) is 4.79 Å². The maximum Gasteiger partial charge on any atom is 0.180 e. The molecule has 0 bridgehead atoms. The Balaban J connectivity index is 1.49. The minimum Gasteiger partial charge on any atom is -0.367 e. The van der Waals surface area contributed by atoms with Gasteiger partial charge in [-0.05, 0) is 23.7 Å². The van der Waals surface area contributed by atoms with Crippen LogP contribution in [0.5, 0.6) is 0 Å². The van der Waals surface area contributed by atoms with Gasteiger partial charge in [-0.1, -0.05) is 82.3 Å². The van der Waals surface area contributed by atoms with Gasteiger partial charge in [-0.15, -0.1) is 0 Å². The van der Waals surface area contributed by atoms with Crippen LogP contribution < -0.4 is 5.32 Å². The molecule has 5 nitrogen and oxygen atoms in total. The lowest BCUT2D eigenvalue weighted by atomic mass is 10.00. The molecule has 1 fully saturated rings. The number of nitrogens with one attached hydrogen (secondary N) is 1. The Bertz CT molecular complexity index is 1320. The number of rotatable bonds is 8. The number of fused-ring (bicyclic) bond motifs is 1. The van der Waals surface area contributed by atoms with E-state index < -0.39 is 0 Å². The molecule has 1 aliphatic carbocycles. The highest BCUT2D eigenvalue weighted by Gasteiger charge is 2.46. The number of hydrogen-bond donors (Lipinski definition) is 1. The Morgan fingerprint density at radius 1 is 1.09 bits per heavy atom. The minimum atomic E-state index is 0.232. The molecule has 1 atom stereocenters. The van der Waals surface area contributed by atoms with E-state index in [4.69, 9.17) is 9.97 Å². The van der Waals surface area contributed by atoms with Gasteiger partial charge in [-0.2, -0.15) is 0 Å². The van der Waals surface area contributed by atoms with Crippen LogP contribution in [0.25, 0.3) is 28.2 Å². The summed E-state index contributed by atoms with van der Waals surface area (Å²) in [6.07, 6.45) is 5.71. The van der Waals surface area contributed by atoms with Crippen molar-refractivity contribution in [2.24, 2.45) is 17.3 Å². The van der Waals surface area contributed by atoms with Crippen molar-refractivity contribution in [2.45, 2.75) is 40.5 Å². The molecule has 1 N–H and O–H groups in total. The van der Waals surface area contributed by atoms with Crippen LogP contribution in [0.15, 0.2) is 67.0 Å². The molecule has 34 heavy (non-hydrogen) atoms. The molecule has 0 spiro atoms. The number of aromatic nitrogens is 3. The summed E-state index contributed by atoms with van der Waals surface area (Å²) in [5.41, 5.74) is 5.84. The number of Topliss-reactive ketones (excluding diaryl/α,β-unsaturated/α-hetero) is 1. The monoisotopic (exact) mass is 452 g/mol. The second kappa shape index (κ2) is 8.71. The topological polar surface area (TPSA) is 59.3 Å². The molecule has 4 aromatic rings. The summed E-state index contributed by atoms with van der Waals surface area (Å²) >= 11 is 0. The van der Waals surface area contributed by atoms with Crippen LogP contribution in [-0.4, -0.2) is 26.7 Å². The normalized spacial score (nSPS) is 16.7. The first-order chi connectivity index (χ1) is 16.3. The summed E-state index contributed by atoms with van der Waals surface area (Å²) in [6, 6.07) is 18.1. The second-order valence-electron chi connectivity index (χ2n) is 10.5. The number of anilines is 1. The highest BCUT2D eigenvalue weighted by Crippen LogP contribution is 2.53. The highest BCUT2D eigenvalue weighted by molar-refractivity contribution is 5.97. The van der Waals surface area contributed by atoms with Gasteiger partial charge in [0.15, 0.2) is 17.2 Å². The molecule has 2 aromatic carbocycles. The van der Waals surface area contributed by atoms with Crippen LogP contribution in [0.1, 0.15) is 50.9 Å². The maximum absolute atomic E-state index is 12.7. The van der Waals surface area contributed by atoms with E-state index in [0.717, 1.165) is 52.5 Å². The second-order valence-corrected chi connectivity index (χ2v) is 10.5. The first kappa shape index (κ1) is 22.3. The lowest BCUT2D eigenvalue weighted by Gasteiger charge is -2.13. The fraction of sp³-hybridized carbons (Fsp3) is 0.345. The molecule has 1 unspecified atom stereocenters. The van der Waals surface area contributed by atoms with E-state index >= 15 is 0 Å². The Hall–Kier alpha value is -3.47. The van der Waals surface area contributed by atoms with E-state index in [0.29, 0.717) is 23.7 Å². The number of nitrogens with zero attached hydrogens (tertiary/aromatic N) is 3. The summed E-state index contributed by atoms with van der Waals surface area (Å²) in [6.45, 7) is 9.64. The fourth-order valence-corrected chi connectivity index (χ4v) is 4.46. The van der Waals surface area contributed by atoms with Gasteiger partial charge in [0.2, 0.25) is 0 Å². The van der Waals surface area contributed by atoms with Gasteiger partial charge >= 0.3 is 0 Å². The van der Waals surface area contributed by atoms with Gasteiger partial charge < -0.3 is 5.32 Å². The zero-order valence-corrected chi connectivity index (χ0v) is 20.4. The highest BCUT2D eigenvalue weighted by atomic mass is 16.1. The average molecular weight is 453 g/mol. The number of ketones is 1. The Kier molecular flexibility index (Phi) is 5.72. The molecule has 5 heteroatoms. The van der Waals surface area contributed by atoms with E-state index in [2.05, 4.69) is 49.5 Å². The first-order valence-corrected chi connectivity index (χ1v) is 12.1. The molecule has 0 amide bonds. The zero-order chi connectivity index (χ0) is 23.9. The van der Waals surface area contributed by atoms with Crippen LogP contribution in [0.3, 0.4) is 0 Å². The van der Waals surface area contributed by atoms with E-state index in [1.54, 1.807) is 0 Å². The third-order valence-corrected chi connectivity index (χ3v) is 6.89. The summed E-state index contributed by atoms with van der Waals surface area (Å²) < 4.78 is 2.10. The van der Waals surface area contributed by atoms with Gasteiger partial charge in [0.1, 0.15) is 0 Å². The Labute approximate surface area is 201 Å². The van der Waals surface area contributed by atoms with Crippen LogP contribution in [-0.2, 0) is 0 Å². The van der Waals surface area contributed by atoms with E-state index in [-0.39, 0.29) is 5.78 Å². The molecular formula is C29H32N4O. The Morgan fingerprint density at radius 2 is 1.79 bits per heavy atom. The Morgan fingerprint density at radius 3 is 2.44 bits per heavy atom. The number of benzene rings is 2. The smallest absolute Gasteiger partial charge is 0.180 e. The summed E-state index contributed by atoms with van der Waals surface area (Å²) in [5, 5.41) is 3.48. The van der Waals surface area contributed by atoms with E-state index in [1.165, 1.54) is 0 Å². The summed E-state index contributed by atoms with van der Waals surface area (Å²) in [7, 11) is 0. The zero-order valence-electron chi connectivity index (χ0n) is 20.4. The molecular weight excluding hydrogens is 420 g/mol. The quantitative estimate of drug-likeness (QED) is 0.300. The van der Waals surface area contributed by atoms with Crippen molar-refractivity contribution in [1.82, 2.24) is 14.4 Å². The van der Waals surface area contributed by atoms with Crippen molar-refractivity contribution in [2.75, 3.05) is 11.9 Å². The lowest BCUT2D eigenvalue weighted by molar-refractivity contribution is 0.0971.